The van der Waals surface area contributed by atoms with Crippen LogP contribution in [-0.2, 0) is 9.53 Å². The lowest BCUT2D eigenvalue weighted by molar-refractivity contribution is -0.136. The molecule has 1 aliphatic heterocycles. The van der Waals surface area contributed by atoms with E-state index in [9.17, 15) is 9.59 Å². The zero-order chi connectivity index (χ0) is 13.0. The third-order valence-corrected chi connectivity index (χ3v) is 2.96. The molecule has 0 bridgehead atoms. The number of amides is 1. The number of ether oxygens (including phenoxy) is 1. The average Bonchev–Trinajstić information content (AvgIpc) is 2.14. The number of rotatable bonds is 2. The van der Waals surface area contributed by atoms with Gasteiger partial charge in [0.25, 0.3) is 0 Å². The fourth-order valence-corrected chi connectivity index (χ4v) is 2.22. The Hall–Kier alpha value is -1.59. The van der Waals surface area contributed by atoms with Crippen LogP contribution in [0.1, 0.15) is 33.1 Å². The summed E-state index contributed by atoms with van der Waals surface area (Å²) in [6.07, 6.45) is 1.56. The molecule has 1 rings (SSSR count). The first-order chi connectivity index (χ1) is 7.90. The molecule has 0 aromatic rings. The summed E-state index contributed by atoms with van der Waals surface area (Å²) < 4.78 is 4.56. The molecular weight excluding hydrogens is 222 g/mol. The van der Waals surface area contributed by atoms with E-state index in [2.05, 4.69) is 4.74 Å². The smallest absolute Gasteiger partial charge is 0.388 e. The van der Waals surface area contributed by atoms with Gasteiger partial charge >= 0.3 is 12.1 Å². The summed E-state index contributed by atoms with van der Waals surface area (Å²) in [6, 6.07) is 0.0138. The molecule has 0 saturated carbocycles. The van der Waals surface area contributed by atoms with Crippen LogP contribution in [0.15, 0.2) is 0 Å². The number of carbonyl (C=O) groups excluding carboxylic acids is 2. The summed E-state index contributed by atoms with van der Waals surface area (Å²) in [4.78, 5) is 23.8. The van der Waals surface area contributed by atoms with Gasteiger partial charge in [-0.25, -0.2) is 4.79 Å². The number of hydrogen-bond acceptors (Lipinski definition) is 4. The van der Waals surface area contributed by atoms with Gasteiger partial charge in [0, 0.05) is 25.9 Å². The highest BCUT2D eigenvalue weighted by Crippen LogP contribution is 2.25. The molecule has 0 aromatic heterocycles. The van der Waals surface area contributed by atoms with Crippen molar-refractivity contribution in [2.75, 3.05) is 6.54 Å². The summed E-state index contributed by atoms with van der Waals surface area (Å²) in [7, 11) is 0. The second kappa shape index (κ2) is 5.65. The lowest BCUT2D eigenvalue weighted by Gasteiger charge is -2.36. The largest absolute Gasteiger partial charge is 0.417 e. The number of likely N-dealkylation sites (tertiary alicyclic amines) is 1. The minimum absolute atomic E-state index is 0.0138. The second-order valence-electron chi connectivity index (χ2n) is 4.52. The quantitative estimate of drug-likeness (QED) is 0.327. The monoisotopic (exact) mass is 241 g/mol. The van der Waals surface area contributed by atoms with E-state index < -0.39 is 12.1 Å². The maximum Gasteiger partial charge on any atom is 0.417 e. The molecule has 0 radical (unpaired) electrons. The van der Waals surface area contributed by atoms with Crippen LogP contribution in [-0.4, -0.2) is 35.4 Å². The number of nitrogens with zero attached hydrogens (tertiary/aromatic N) is 1. The van der Waals surface area contributed by atoms with Gasteiger partial charge in [-0.1, -0.05) is 0 Å². The van der Waals surface area contributed by atoms with Gasteiger partial charge in [0.05, 0.1) is 5.84 Å². The molecular formula is C11H19N3O3. The fourth-order valence-electron chi connectivity index (χ4n) is 2.22. The van der Waals surface area contributed by atoms with Crippen LogP contribution >= 0.6 is 0 Å². The Morgan fingerprint density at radius 2 is 2.18 bits per heavy atom. The van der Waals surface area contributed by atoms with Gasteiger partial charge in [0.2, 0.25) is 0 Å². The first kappa shape index (κ1) is 13.5. The first-order valence-electron chi connectivity index (χ1n) is 5.72. The molecule has 3 N–H and O–H groups in total. The Balaban J connectivity index is 2.50. The van der Waals surface area contributed by atoms with Crippen molar-refractivity contribution >= 4 is 17.9 Å². The zero-order valence-corrected chi connectivity index (χ0v) is 10.2. The summed E-state index contributed by atoms with van der Waals surface area (Å²) in [6.45, 7) is 3.67. The molecule has 0 aliphatic carbocycles. The topological polar surface area (TPSA) is 96.5 Å². The summed E-state index contributed by atoms with van der Waals surface area (Å²) in [5, 5.41) is 7.25. The van der Waals surface area contributed by atoms with Crippen molar-refractivity contribution in [2.45, 2.75) is 39.2 Å². The molecule has 6 heteroatoms. The number of hydrogen-bond donors (Lipinski definition) is 2. The maximum atomic E-state index is 11.6. The Labute approximate surface area is 101 Å². The first-order valence-corrected chi connectivity index (χ1v) is 5.72. The number of carbonyl (C=O) groups is 2. The molecule has 2 unspecified atom stereocenters. The number of nitrogens with one attached hydrogen (secondary N) is 1. The highest BCUT2D eigenvalue weighted by Gasteiger charge is 2.30. The van der Waals surface area contributed by atoms with E-state index in [1.165, 1.54) is 6.92 Å². The highest BCUT2D eigenvalue weighted by atomic mass is 16.6. The number of amidine groups is 1. The van der Waals surface area contributed by atoms with E-state index in [0.29, 0.717) is 18.9 Å². The molecule has 1 amide bonds. The molecule has 2 atom stereocenters. The van der Waals surface area contributed by atoms with E-state index in [-0.39, 0.29) is 11.9 Å². The fraction of sp³-hybridized carbons (Fsp3) is 0.727. The van der Waals surface area contributed by atoms with E-state index in [0.717, 1.165) is 12.8 Å². The normalized spacial score (nSPS) is 24.2. The average molecular weight is 241 g/mol. The van der Waals surface area contributed by atoms with Crippen molar-refractivity contribution in [1.29, 1.82) is 5.41 Å². The Bertz CT molecular complexity index is 330. The molecule has 96 valence electrons. The van der Waals surface area contributed by atoms with Crippen LogP contribution in [0.25, 0.3) is 0 Å². The van der Waals surface area contributed by atoms with E-state index in [1.807, 2.05) is 6.92 Å². The number of esters is 1. The molecule has 17 heavy (non-hydrogen) atoms. The predicted molar refractivity (Wildman–Crippen MR) is 62.6 cm³/mol. The van der Waals surface area contributed by atoms with Crippen LogP contribution in [0, 0.1) is 11.3 Å². The summed E-state index contributed by atoms with van der Waals surface area (Å²) in [5.74, 6) is -0.0705. The molecule has 0 spiro atoms. The molecule has 6 nitrogen and oxygen atoms in total. The molecule has 1 heterocycles. The minimum Gasteiger partial charge on any atom is -0.388 e. The minimum atomic E-state index is -0.590. The second-order valence-corrected chi connectivity index (χ2v) is 4.52. The van der Waals surface area contributed by atoms with Gasteiger partial charge in [0.15, 0.2) is 0 Å². The van der Waals surface area contributed by atoms with E-state index >= 15 is 0 Å². The lowest BCUT2D eigenvalue weighted by Crippen LogP contribution is -2.45. The zero-order valence-electron chi connectivity index (χ0n) is 10.2. The SMILES string of the molecule is CC(=O)OC(=O)N1CCC(CC(=N)N)CC1C. The Kier molecular flexibility index (Phi) is 4.48. The predicted octanol–water partition coefficient (Wildman–Crippen LogP) is 1.10. The van der Waals surface area contributed by atoms with Gasteiger partial charge in [-0.3, -0.25) is 10.2 Å². The highest BCUT2D eigenvalue weighted by molar-refractivity contribution is 5.83. The van der Waals surface area contributed by atoms with Crippen molar-refractivity contribution in [1.82, 2.24) is 4.90 Å². The molecule has 1 saturated heterocycles. The molecule has 1 aliphatic rings. The van der Waals surface area contributed by atoms with Crippen molar-refractivity contribution in [3.05, 3.63) is 0 Å². The van der Waals surface area contributed by atoms with E-state index in [1.54, 1.807) is 4.90 Å². The number of nitrogens with two attached hydrogens (primary N) is 1. The van der Waals surface area contributed by atoms with Gasteiger partial charge < -0.3 is 15.4 Å². The third-order valence-electron chi connectivity index (χ3n) is 2.96. The van der Waals surface area contributed by atoms with Crippen LogP contribution in [0.3, 0.4) is 0 Å². The van der Waals surface area contributed by atoms with Crippen LogP contribution in [0.4, 0.5) is 4.79 Å². The van der Waals surface area contributed by atoms with E-state index in [4.69, 9.17) is 11.1 Å². The van der Waals surface area contributed by atoms with Crippen LogP contribution in [0.2, 0.25) is 0 Å². The Morgan fingerprint density at radius 1 is 1.53 bits per heavy atom. The molecule has 0 aromatic carbocycles. The van der Waals surface area contributed by atoms with Crippen molar-refractivity contribution < 1.29 is 14.3 Å². The van der Waals surface area contributed by atoms with Crippen molar-refractivity contribution in [3.8, 4) is 0 Å². The summed E-state index contributed by atoms with van der Waals surface area (Å²) in [5.41, 5.74) is 5.36. The van der Waals surface area contributed by atoms with Crippen LogP contribution in [0.5, 0.6) is 0 Å². The standard InChI is InChI=1S/C11H19N3O3/c1-7-5-9(6-10(12)13)3-4-14(7)11(16)17-8(2)15/h7,9H,3-6H2,1-2H3,(H3,12,13). The van der Waals surface area contributed by atoms with Gasteiger partial charge in [0.1, 0.15) is 0 Å². The van der Waals surface area contributed by atoms with Gasteiger partial charge in [-0.2, -0.15) is 0 Å². The Morgan fingerprint density at radius 3 is 2.65 bits per heavy atom. The maximum absolute atomic E-state index is 11.6. The van der Waals surface area contributed by atoms with Crippen LogP contribution < -0.4 is 5.73 Å². The molecule has 1 fully saturated rings. The lowest BCUT2D eigenvalue weighted by atomic mass is 9.89. The van der Waals surface area contributed by atoms with Crippen molar-refractivity contribution in [2.24, 2.45) is 11.7 Å². The third kappa shape index (κ3) is 4.05. The van der Waals surface area contributed by atoms with Crippen molar-refractivity contribution in [3.63, 3.8) is 0 Å². The van der Waals surface area contributed by atoms with Gasteiger partial charge in [-0.05, 0) is 25.7 Å². The number of piperidine rings is 1. The van der Waals surface area contributed by atoms with Gasteiger partial charge in [-0.15, -0.1) is 0 Å². The summed E-state index contributed by atoms with van der Waals surface area (Å²) >= 11 is 0.